The van der Waals surface area contributed by atoms with Gasteiger partial charge in [0.2, 0.25) is 0 Å². The molecular formula is C12H15N3S. The molecule has 0 saturated carbocycles. The Labute approximate surface area is 99.4 Å². The van der Waals surface area contributed by atoms with Crippen LogP contribution >= 0.6 is 11.3 Å². The van der Waals surface area contributed by atoms with Crippen molar-refractivity contribution in [1.29, 1.82) is 0 Å². The molecule has 0 fully saturated rings. The third kappa shape index (κ3) is 2.28. The Kier molecular flexibility index (Phi) is 3.31. The van der Waals surface area contributed by atoms with Gasteiger partial charge < -0.3 is 5.73 Å². The Balaban J connectivity index is 2.45. The maximum Gasteiger partial charge on any atom is 0.160 e. The number of rotatable bonds is 3. The van der Waals surface area contributed by atoms with Crippen LogP contribution in [-0.2, 0) is 6.42 Å². The second-order valence-corrected chi connectivity index (χ2v) is 4.57. The fraction of sp³-hybridized carbons (Fsp3) is 0.333. The van der Waals surface area contributed by atoms with E-state index in [2.05, 4.69) is 27.7 Å². The van der Waals surface area contributed by atoms with Crippen molar-refractivity contribution in [1.82, 2.24) is 9.97 Å². The van der Waals surface area contributed by atoms with Gasteiger partial charge in [0.05, 0.1) is 0 Å². The zero-order chi connectivity index (χ0) is 11.5. The lowest BCUT2D eigenvalue weighted by molar-refractivity contribution is 0.904. The molecule has 16 heavy (non-hydrogen) atoms. The summed E-state index contributed by atoms with van der Waals surface area (Å²) in [4.78, 5) is 9.02. The Morgan fingerprint density at radius 1 is 1.25 bits per heavy atom. The van der Waals surface area contributed by atoms with Crippen LogP contribution in [0.2, 0.25) is 0 Å². The largest absolute Gasteiger partial charge is 0.330 e. The average molecular weight is 233 g/mol. The van der Waals surface area contributed by atoms with Crippen molar-refractivity contribution in [2.75, 3.05) is 6.54 Å². The number of aromatic nitrogens is 2. The normalized spacial score (nSPS) is 10.7. The molecule has 2 heterocycles. The van der Waals surface area contributed by atoms with E-state index in [1.54, 1.807) is 11.3 Å². The summed E-state index contributed by atoms with van der Waals surface area (Å²) < 4.78 is 0. The molecule has 2 aromatic rings. The predicted octanol–water partition coefficient (Wildman–Crippen LogP) is 2.32. The van der Waals surface area contributed by atoms with E-state index >= 15 is 0 Å². The highest BCUT2D eigenvalue weighted by Gasteiger charge is 2.08. The average Bonchev–Trinajstić information content (AvgIpc) is 2.64. The Morgan fingerprint density at radius 3 is 2.69 bits per heavy atom. The van der Waals surface area contributed by atoms with Crippen LogP contribution in [0.3, 0.4) is 0 Å². The molecular weight excluding hydrogens is 218 g/mol. The Morgan fingerprint density at radius 2 is 2.06 bits per heavy atom. The number of hydrogen-bond donors (Lipinski definition) is 1. The SMILES string of the molecule is Cc1cc(CCN)nc(-c2cscc2C)n1. The summed E-state index contributed by atoms with van der Waals surface area (Å²) >= 11 is 1.68. The van der Waals surface area contributed by atoms with Crippen LogP contribution in [0.1, 0.15) is 17.0 Å². The van der Waals surface area contributed by atoms with E-state index in [1.807, 2.05) is 13.0 Å². The van der Waals surface area contributed by atoms with Gasteiger partial charge in [-0.05, 0) is 37.4 Å². The van der Waals surface area contributed by atoms with Crippen LogP contribution in [0, 0.1) is 13.8 Å². The number of nitrogens with zero attached hydrogens (tertiary/aromatic N) is 2. The van der Waals surface area contributed by atoms with Crippen LogP contribution in [0.25, 0.3) is 11.4 Å². The molecule has 0 unspecified atom stereocenters. The fourth-order valence-electron chi connectivity index (χ4n) is 1.62. The van der Waals surface area contributed by atoms with Gasteiger partial charge in [0.25, 0.3) is 0 Å². The zero-order valence-corrected chi connectivity index (χ0v) is 10.3. The Bertz CT molecular complexity index is 491. The van der Waals surface area contributed by atoms with Crippen molar-refractivity contribution in [3.63, 3.8) is 0 Å². The van der Waals surface area contributed by atoms with Gasteiger partial charge in [-0.25, -0.2) is 9.97 Å². The van der Waals surface area contributed by atoms with Crippen molar-refractivity contribution < 1.29 is 0 Å². The molecule has 4 heteroatoms. The highest BCUT2D eigenvalue weighted by atomic mass is 32.1. The first-order valence-corrected chi connectivity index (χ1v) is 6.23. The molecule has 0 aliphatic carbocycles. The van der Waals surface area contributed by atoms with E-state index in [4.69, 9.17) is 5.73 Å². The van der Waals surface area contributed by atoms with Crippen molar-refractivity contribution in [2.45, 2.75) is 20.3 Å². The summed E-state index contributed by atoms with van der Waals surface area (Å²) in [6, 6.07) is 2.00. The van der Waals surface area contributed by atoms with Gasteiger partial charge in [-0.15, -0.1) is 0 Å². The fourth-order valence-corrected chi connectivity index (χ4v) is 2.45. The smallest absolute Gasteiger partial charge is 0.160 e. The Hall–Kier alpha value is -1.26. The molecule has 0 amide bonds. The maximum atomic E-state index is 5.55. The predicted molar refractivity (Wildman–Crippen MR) is 67.6 cm³/mol. The molecule has 0 bridgehead atoms. The molecule has 0 atom stereocenters. The van der Waals surface area contributed by atoms with E-state index in [-0.39, 0.29) is 0 Å². The first-order chi connectivity index (χ1) is 7.70. The highest BCUT2D eigenvalue weighted by Crippen LogP contribution is 2.24. The number of thiophene rings is 1. The lowest BCUT2D eigenvalue weighted by Crippen LogP contribution is -2.06. The van der Waals surface area contributed by atoms with E-state index in [0.717, 1.165) is 29.2 Å². The quantitative estimate of drug-likeness (QED) is 0.885. The van der Waals surface area contributed by atoms with Gasteiger partial charge in [0, 0.05) is 28.8 Å². The lowest BCUT2D eigenvalue weighted by atomic mass is 10.2. The molecule has 2 N–H and O–H groups in total. The van der Waals surface area contributed by atoms with Crippen LogP contribution in [0.4, 0.5) is 0 Å². The molecule has 84 valence electrons. The lowest BCUT2D eigenvalue weighted by Gasteiger charge is -2.04. The van der Waals surface area contributed by atoms with Gasteiger partial charge in [-0.1, -0.05) is 0 Å². The summed E-state index contributed by atoms with van der Waals surface area (Å²) in [5.74, 6) is 0.821. The van der Waals surface area contributed by atoms with Gasteiger partial charge in [0.1, 0.15) is 0 Å². The minimum absolute atomic E-state index is 0.624. The molecule has 0 saturated heterocycles. The van der Waals surface area contributed by atoms with Crippen molar-refractivity contribution in [2.24, 2.45) is 5.73 Å². The van der Waals surface area contributed by atoms with E-state index < -0.39 is 0 Å². The summed E-state index contributed by atoms with van der Waals surface area (Å²) in [7, 11) is 0. The van der Waals surface area contributed by atoms with Gasteiger partial charge in [-0.3, -0.25) is 0 Å². The number of nitrogens with two attached hydrogens (primary N) is 1. The minimum Gasteiger partial charge on any atom is -0.330 e. The van der Waals surface area contributed by atoms with Gasteiger partial charge in [-0.2, -0.15) is 11.3 Å². The number of hydrogen-bond acceptors (Lipinski definition) is 4. The van der Waals surface area contributed by atoms with Crippen LogP contribution in [-0.4, -0.2) is 16.5 Å². The summed E-state index contributed by atoms with van der Waals surface area (Å²) in [5.41, 5.74) is 9.94. The van der Waals surface area contributed by atoms with Gasteiger partial charge in [0.15, 0.2) is 5.82 Å². The zero-order valence-electron chi connectivity index (χ0n) is 9.53. The van der Waals surface area contributed by atoms with E-state index in [0.29, 0.717) is 6.54 Å². The standard InChI is InChI=1S/C12H15N3S/c1-8-6-16-7-11(8)12-14-9(2)5-10(15-12)3-4-13/h5-7H,3-4,13H2,1-2H3. The topological polar surface area (TPSA) is 51.8 Å². The van der Waals surface area contributed by atoms with Crippen LogP contribution in [0.15, 0.2) is 16.8 Å². The van der Waals surface area contributed by atoms with Crippen molar-refractivity contribution >= 4 is 11.3 Å². The van der Waals surface area contributed by atoms with Crippen LogP contribution in [0.5, 0.6) is 0 Å². The van der Waals surface area contributed by atoms with Crippen molar-refractivity contribution in [3.8, 4) is 11.4 Å². The first-order valence-electron chi connectivity index (χ1n) is 5.28. The summed E-state index contributed by atoms with van der Waals surface area (Å²) in [5, 5.41) is 4.21. The molecule has 0 aromatic carbocycles. The monoisotopic (exact) mass is 233 g/mol. The molecule has 0 spiro atoms. The second-order valence-electron chi connectivity index (χ2n) is 3.83. The first kappa shape index (κ1) is 11.2. The maximum absolute atomic E-state index is 5.55. The molecule has 3 nitrogen and oxygen atoms in total. The molecule has 0 aliphatic heterocycles. The molecule has 2 aromatic heterocycles. The molecule has 0 radical (unpaired) electrons. The van der Waals surface area contributed by atoms with Crippen molar-refractivity contribution in [3.05, 3.63) is 33.8 Å². The highest BCUT2D eigenvalue weighted by molar-refractivity contribution is 7.08. The third-order valence-corrected chi connectivity index (χ3v) is 3.27. The molecule has 2 rings (SSSR count). The number of aryl methyl sites for hydroxylation is 2. The third-order valence-electron chi connectivity index (χ3n) is 2.40. The summed E-state index contributed by atoms with van der Waals surface area (Å²) in [6.07, 6.45) is 0.805. The minimum atomic E-state index is 0.624. The van der Waals surface area contributed by atoms with Crippen LogP contribution < -0.4 is 5.73 Å². The van der Waals surface area contributed by atoms with E-state index in [1.165, 1.54) is 5.56 Å². The van der Waals surface area contributed by atoms with E-state index in [9.17, 15) is 0 Å². The van der Waals surface area contributed by atoms with Gasteiger partial charge >= 0.3 is 0 Å². The molecule has 0 aliphatic rings. The second kappa shape index (κ2) is 4.72. The summed E-state index contributed by atoms with van der Waals surface area (Å²) in [6.45, 7) is 4.70.